The van der Waals surface area contributed by atoms with Gasteiger partial charge in [-0.15, -0.1) is 10.2 Å². The van der Waals surface area contributed by atoms with Crippen molar-refractivity contribution in [3.63, 3.8) is 0 Å². The van der Waals surface area contributed by atoms with Gasteiger partial charge in [-0.2, -0.15) is 18.3 Å². The van der Waals surface area contributed by atoms with Crippen molar-refractivity contribution in [2.75, 3.05) is 6.54 Å². The van der Waals surface area contributed by atoms with Gasteiger partial charge < -0.3 is 14.3 Å². The molecular weight excluding hydrogens is 484 g/mol. The van der Waals surface area contributed by atoms with Crippen molar-refractivity contribution < 1.29 is 26.8 Å². The van der Waals surface area contributed by atoms with E-state index < -0.39 is 35.5 Å². The van der Waals surface area contributed by atoms with Gasteiger partial charge in [0.15, 0.2) is 11.5 Å². The number of imidazole rings is 1. The monoisotopic (exact) mass is 498 g/mol. The smallest absolute Gasteiger partial charge is 0.411 e. The molecule has 6 heterocycles. The number of fused-ring (bicyclic) bond motifs is 2. The van der Waals surface area contributed by atoms with Crippen LogP contribution in [0.3, 0.4) is 0 Å². The van der Waals surface area contributed by atoms with Crippen LogP contribution in [-0.2, 0) is 12.6 Å². The molecule has 14 heteroatoms. The molecule has 0 saturated carbocycles. The Bertz CT molecular complexity index is 1600. The van der Waals surface area contributed by atoms with E-state index in [1.165, 1.54) is 41.7 Å². The first-order valence-electron chi connectivity index (χ1n) is 10.6. The van der Waals surface area contributed by atoms with Gasteiger partial charge in [0, 0.05) is 24.9 Å². The van der Waals surface area contributed by atoms with Crippen LogP contribution in [0.15, 0.2) is 53.3 Å². The number of carbonyl (C=O) groups excluding carboxylic acids is 1. The Morgan fingerprint density at radius 3 is 2.81 bits per heavy atom. The van der Waals surface area contributed by atoms with E-state index in [0.717, 1.165) is 22.3 Å². The molecule has 5 aromatic heterocycles. The van der Waals surface area contributed by atoms with Crippen LogP contribution in [0.4, 0.5) is 17.6 Å². The summed E-state index contributed by atoms with van der Waals surface area (Å²) in [5.41, 5.74) is 0.347. The highest BCUT2D eigenvalue weighted by Gasteiger charge is 2.39. The highest BCUT2D eigenvalue weighted by atomic mass is 19.4. The molecule has 0 bridgehead atoms. The third kappa shape index (κ3) is 3.49. The molecular formula is C22H14F4N8O2. The first kappa shape index (κ1) is 21.9. The van der Waals surface area contributed by atoms with E-state index in [1.54, 1.807) is 0 Å². The highest BCUT2D eigenvalue weighted by molar-refractivity contribution is 5.90. The standard InChI is InChI=1S/C22H14F4N8O2/c23-12-4-2-7-27-16(12)19-30-31-20(36-19)21(35)33-8-6-13-17(29-10-28-13)18(33)14-9-11-3-1-5-15(22(24,25)26)34(11)32-14/h1-5,7,9-10,18H,6,8H2,(H,28,29)/t18-/m1/s1. The SMILES string of the molecule is O=C(c1nnc(-c2ncccc2F)o1)N1CCc2[nH]cnc2[C@H]1c1cc2cccc(C(F)(F)F)n2n1. The number of pyridine rings is 2. The Hall–Kier alpha value is -4.62. The number of alkyl halides is 3. The Kier molecular flexibility index (Phi) is 4.84. The second kappa shape index (κ2) is 7.96. The van der Waals surface area contributed by atoms with Crippen LogP contribution in [-0.4, -0.2) is 52.1 Å². The minimum Gasteiger partial charge on any atom is -0.411 e. The van der Waals surface area contributed by atoms with Gasteiger partial charge in [-0.3, -0.25) is 4.79 Å². The first-order valence-corrected chi connectivity index (χ1v) is 10.6. The summed E-state index contributed by atoms with van der Waals surface area (Å²) in [5, 5.41) is 11.7. The van der Waals surface area contributed by atoms with Gasteiger partial charge in [0.25, 0.3) is 5.89 Å². The van der Waals surface area contributed by atoms with Crippen LogP contribution >= 0.6 is 0 Å². The molecule has 1 aliphatic heterocycles. The molecule has 0 saturated heterocycles. The van der Waals surface area contributed by atoms with Crippen LogP contribution in [0.5, 0.6) is 0 Å². The summed E-state index contributed by atoms with van der Waals surface area (Å²) in [6.45, 7) is 0.161. The maximum absolute atomic E-state index is 14.1. The third-order valence-corrected chi connectivity index (χ3v) is 5.83. The van der Waals surface area contributed by atoms with E-state index in [0.29, 0.717) is 12.1 Å². The minimum absolute atomic E-state index is 0.161. The number of carbonyl (C=O) groups is 1. The number of hydrogen-bond donors (Lipinski definition) is 1. The number of rotatable bonds is 3. The highest BCUT2D eigenvalue weighted by Crippen LogP contribution is 2.36. The number of hydrogen-bond acceptors (Lipinski definition) is 7. The fraction of sp³-hybridized carbons (Fsp3) is 0.182. The third-order valence-electron chi connectivity index (χ3n) is 5.83. The fourth-order valence-corrected chi connectivity index (χ4v) is 4.25. The Morgan fingerprint density at radius 2 is 2.00 bits per heavy atom. The summed E-state index contributed by atoms with van der Waals surface area (Å²) in [5.74, 6) is -2.13. The van der Waals surface area contributed by atoms with E-state index in [4.69, 9.17) is 4.42 Å². The molecule has 0 spiro atoms. The van der Waals surface area contributed by atoms with Crippen molar-refractivity contribution in [3.05, 3.63) is 83.4 Å². The number of aromatic amines is 1. The molecule has 0 unspecified atom stereocenters. The minimum atomic E-state index is -4.64. The van der Waals surface area contributed by atoms with E-state index in [-0.39, 0.29) is 29.3 Å². The maximum atomic E-state index is 14.1. The Morgan fingerprint density at radius 1 is 1.14 bits per heavy atom. The van der Waals surface area contributed by atoms with Crippen molar-refractivity contribution >= 4 is 11.4 Å². The van der Waals surface area contributed by atoms with Gasteiger partial charge in [0.2, 0.25) is 0 Å². The van der Waals surface area contributed by atoms with E-state index >= 15 is 0 Å². The second-order valence-electron chi connectivity index (χ2n) is 7.98. The number of amides is 1. The lowest BCUT2D eigenvalue weighted by Crippen LogP contribution is -2.41. The topological polar surface area (TPSA) is 118 Å². The van der Waals surface area contributed by atoms with Gasteiger partial charge >= 0.3 is 18.0 Å². The molecule has 10 nitrogen and oxygen atoms in total. The van der Waals surface area contributed by atoms with Crippen molar-refractivity contribution in [1.29, 1.82) is 0 Å². The summed E-state index contributed by atoms with van der Waals surface area (Å²) >= 11 is 0. The number of aromatic nitrogens is 7. The van der Waals surface area contributed by atoms with Crippen LogP contribution in [0, 0.1) is 5.82 Å². The van der Waals surface area contributed by atoms with Gasteiger partial charge in [-0.05, 0) is 30.3 Å². The first-order chi connectivity index (χ1) is 17.3. The molecule has 1 N–H and O–H groups in total. The van der Waals surface area contributed by atoms with Crippen molar-refractivity contribution in [3.8, 4) is 11.6 Å². The average molecular weight is 498 g/mol. The lowest BCUT2D eigenvalue weighted by Gasteiger charge is -2.32. The Labute approximate surface area is 198 Å². The molecule has 0 radical (unpaired) electrons. The average Bonchev–Trinajstić information content (AvgIpc) is 3.61. The van der Waals surface area contributed by atoms with Crippen molar-refractivity contribution in [2.24, 2.45) is 0 Å². The molecule has 1 amide bonds. The predicted octanol–water partition coefficient (Wildman–Crippen LogP) is 3.45. The van der Waals surface area contributed by atoms with E-state index in [2.05, 4.69) is 30.2 Å². The lowest BCUT2D eigenvalue weighted by atomic mass is 9.99. The van der Waals surface area contributed by atoms with Crippen LogP contribution in [0.2, 0.25) is 0 Å². The normalized spacial score (nSPS) is 15.9. The van der Waals surface area contributed by atoms with Gasteiger partial charge in [-0.25, -0.2) is 18.9 Å². The zero-order chi connectivity index (χ0) is 25.0. The van der Waals surface area contributed by atoms with Gasteiger partial charge in [0.05, 0.1) is 23.2 Å². The molecule has 0 aliphatic carbocycles. The number of nitrogens with zero attached hydrogens (tertiary/aromatic N) is 7. The van der Waals surface area contributed by atoms with Crippen molar-refractivity contribution in [1.82, 2.24) is 39.7 Å². The van der Waals surface area contributed by atoms with Crippen molar-refractivity contribution in [2.45, 2.75) is 18.6 Å². The molecule has 0 aromatic carbocycles. The molecule has 5 aromatic rings. The van der Waals surface area contributed by atoms with Crippen LogP contribution < -0.4 is 0 Å². The summed E-state index contributed by atoms with van der Waals surface area (Å²) < 4.78 is 61.0. The fourth-order valence-electron chi connectivity index (χ4n) is 4.25. The molecule has 1 aliphatic rings. The van der Waals surface area contributed by atoms with Crippen LogP contribution in [0.1, 0.15) is 39.5 Å². The molecule has 36 heavy (non-hydrogen) atoms. The summed E-state index contributed by atoms with van der Waals surface area (Å²) in [7, 11) is 0. The zero-order valence-electron chi connectivity index (χ0n) is 18.1. The largest absolute Gasteiger partial charge is 0.433 e. The molecule has 0 fully saturated rings. The summed E-state index contributed by atoms with van der Waals surface area (Å²) in [6.07, 6.45) is -1.46. The Balaban J connectivity index is 1.42. The number of nitrogens with one attached hydrogen (secondary N) is 1. The lowest BCUT2D eigenvalue weighted by molar-refractivity contribution is -0.142. The zero-order valence-corrected chi connectivity index (χ0v) is 18.1. The molecule has 6 rings (SSSR count). The van der Waals surface area contributed by atoms with Gasteiger partial charge in [0.1, 0.15) is 11.7 Å². The van der Waals surface area contributed by atoms with Gasteiger partial charge in [-0.1, -0.05) is 6.07 Å². The van der Waals surface area contributed by atoms with E-state index in [1.807, 2.05) is 0 Å². The number of halogens is 4. The molecule has 1 atom stereocenters. The quantitative estimate of drug-likeness (QED) is 0.379. The molecule has 182 valence electrons. The second-order valence-corrected chi connectivity index (χ2v) is 7.98. The summed E-state index contributed by atoms with van der Waals surface area (Å²) in [6, 6.07) is 6.76. The predicted molar refractivity (Wildman–Crippen MR) is 113 cm³/mol. The van der Waals surface area contributed by atoms with E-state index in [9.17, 15) is 22.4 Å². The summed E-state index contributed by atoms with van der Waals surface area (Å²) in [4.78, 5) is 25.9. The number of H-pyrrole nitrogens is 1. The maximum Gasteiger partial charge on any atom is 0.433 e. The van der Waals surface area contributed by atoms with Crippen LogP contribution in [0.25, 0.3) is 17.1 Å².